The largest absolute Gasteiger partial charge is 0.493 e. The van der Waals surface area contributed by atoms with Crippen LogP contribution in [-0.4, -0.2) is 34.8 Å². The second kappa shape index (κ2) is 10.2. The minimum Gasteiger partial charge on any atom is -0.493 e. The lowest BCUT2D eigenvalue weighted by atomic mass is 10.2. The van der Waals surface area contributed by atoms with E-state index in [-0.39, 0.29) is 16.1 Å². The zero-order valence-corrected chi connectivity index (χ0v) is 18.8. The third-order valence-corrected chi connectivity index (χ3v) is 5.96. The van der Waals surface area contributed by atoms with E-state index in [9.17, 15) is 13.2 Å². The van der Waals surface area contributed by atoms with Gasteiger partial charge in [-0.15, -0.1) is 0 Å². The molecule has 0 aliphatic heterocycles. The highest BCUT2D eigenvalue weighted by molar-refractivity contribution is 7.92. The number of hydrogen-bond donors (Lipinski definition) is 2. The smallest absolute Gasteiger partial charge is 0.273 e. The highest BCUT2D eigenvalue weighted by Crippen LogP contribution is 2.27. The number of carbonyl (C=O) groups excluding carboxylic acids is 1. The monoisotopic (exact) mass is 473 g/mol. The number of methoxy groups -OCH3 is 2. The maximum absolute atomic E-state index is 12.7. The molecule has 3 rings (SSSR count). The highest BCUT2D eigenvalue weighted by atomic mass is 35.5. The van der Waals surface area contributed by atoms with Gasteiger partial charge in [0.2, 0.25) is 0 Å². The van der Waals surface area contributed by atoms with Crippen molar-refractivity contribution in [1.29, 1.82) is 0 Å². The van der Waals surface area contributed by atoms with Crippen LogP contribution in [0.4, 0.5) is 5.69 Å². The third kappa shape index (κ3) is 5.57. The molecule has 3 aromatic carbocycles. The van der Waals surface area contributed by atoms with Crippen molar-refractivity contribution in [1.82, 2.24) is 5.43 Å². The minimum absolute atomic E-state index is 0.0172. The van der Waals surface area contributed by atoms with Crippen molar-refractivity contribution < 1.29 is 22.7 Å². The van der Waals surface area contributed by atoms with E-state index in [1.165, 1.54) is 56.8 Å². The Morgan fingerprint density at radius 2 is 1.66 bits per heavy atom. The number of nitrogens with one attached hydrogen (secondary N) is 2. The number of nitrogens with zero attached hydrogens (tertiary/aromatic N) is 1. The molecule has 0 aliphatic carbocycles. The van der Waals surface area contributed by atoms with E-state index in [0.29, 0.717) is 22.1 Å². The van der Waals surface area contributed by atoms with E-state index in [4.69, 9.17) is 21.1 Å². The van der Waals surface area contributed by atoms with Gasteiger partial charge in [0, 0.05) is 5.02 Å². The molecular formula is C22H20ClN3O5S. The van der Waals surface area contributed by atoms with Crippen molar-refractivity contribution >= 4 is 39.4 Å². The summed E-state index contributed by atoms with van der Waals surface area (Å²) in [6.45, 7) is 0. The molecule has 0 saturated carbocycles. The van der Waals surface area contributed by atoms with Crippen molar-refractivity contribution in [2.45, 2.75) is 4.90 Å². The van der Waals surface area contributed by atoms with Gasteiger partial charge in [-0.3, -0.25) is 9.52 Å². The second-order valence-electron chi connectivity index (χ2n) is 6.42. The van der Waals surface area contributed by atoms with Crippen LogP contribution in [0.15, 0.2) is 76.7 Å². The molecule has 0 fully saturated rings. The van der Waals surface area contributed by atoms with Crippen LogP contribution in [0, 0.1) is 0 Å². The summed E-state index contributed by atoms with van der Waals surface area (Å²) in [5, 5.41) is 4.35. The van der Waals surface area contributed by atoms with Gasteiger partial charge in [0.25, 0.3) is 15.9 Å². The number of ether oxygens (including phenoxy) is 2. The fourth-order valence-electron chi connectivity index (χ4n) is 2.75. The number of anilines is 1. The van der Waals surface area contributed by atoms with Crippen molar-refractivity contribution in [2.24, 2.45) is 5.10 Å². The molecule has 0 unspecified atom stereocenters. The Morgan fingerprint density at radius 1 is 0.969 bits per heavy atom. The summed E-state index contributed by atoms with van der Waals surface area (Å²) >= 11 is 5.82. The van der Waals surface area contributed by atoms with Gasteiger partial charge in [-0.25, -0.2) is 13.8 Å². The summed E-state index contributed by atoms with van der Waals surface area (Å²) in [4.78, 5) is 12.6. The first-order valence-corrected chi connectivity index (χ1v) is 11.1. The minimum atomic E-state index is -3.92. The van der Waals surface area contributed by atoms with E-state index < -0.39 is 15.9 Å². The molecule has 0 bridgehead atoms. The van der Waals surface area contributed by atoms with Gasteiger partial charge in [0.1, 0.15) is 0 Å². The van der Waals surface area contributed by atoms with E-state index in [0.717, 1.165) is 0 Å². The predicted octanol–water partition coefficient (Wildman–Crippen LogP) is 3.92. The van der Waals surface area contributed by atoms with Crippen molar-refractivity contribution in [3.8, 4) is 11.5 Å². The molecule has 0 heterocycles. The number of hydrogen-bond acceptors (Lipinski definition) is 6. The first-order chi connectivity index (χ1) is 15.3. The lowest BCUT2D eigenvalue weighted by Crippen LogP contribution is -2.21. The number of para-hydroxylation sites is 1. The number of hydrazone groups is 1. The molecule has 32 heavy (non-hydrogen) atoms. The van der Waals surface area contributed by atoms with Gasteiger partial charge < -0.3 is 9.47 Å². The van der Waals surface area contributed by atoms with Crippen LogP contribution < -0.4 is 19.6 Å². The van der Waals surface area contributed by atoms with Crippen LogP contribution in [0.2, 0.25) is 5.02 Å². The zero-order valence-electron chi connectivity index (χ0n) is 17.2. The Morgan fingerprint density at radius 3 is 2.34 bits per heavy atom. The predicted molar refractivity (Wildman–Crippen MR) is 123 cm³/mol. The highest BCUT2D eigenvalue weighted by Gasteiger charge is 2.18. The van der Waals surface area contributed by atoms with Gasteiger partial charge >= 0.3 is 0 Å². The maximum atomic E-state index is 12.7. The SMILES string of the molecule is COc1ccc(/C=N\NC(=O)c2ccccc2NS(=O)(=O)c2ccc(Cl)cc2)cc1OC. The molecule has 0 atom stereocenters. The van der Waals surface area contributed by atoms with Crippen LogP contribution in [-0.2, 0) is 10.0 Å². The van der Waals surface area contributed by atoms with Gasteiger partial charge in [-0.1, -0.05) is 23.7 Å². The summed E-state index contributed by atoms with van der Waals surface area (Å²) in [6.07, 6.45) is 1.43. The van der Waals surface area contributed by atoms with E-state index in [1.807, 2.05) is 0 Å². The average Bonchev–Trinajstić information content (AvgIpc) is 2.79. The molecule has 2 N–H and O–H groups in total. The number of sulfonamides is 1. The Bertz CT molecular complexity index is 1240. The Kier molecular flexibility index (Phi) is 7.34. The molecule has 0 aromatic heterocycles. The summed E-state index contributed by atoms with van der Waals surface area (Å²) in [7, 11) is -0.868. The number of benzene rings is 3. The Labute approximate surface area is 190 Å². The fourth-order valence-corrected chi connectivity index (χ4v) is 3.95. The van der Waals surface area contributed by atoms with Crippen LogP contribution in [0.5, 0.6) is 11.5 Å². The number of amides is 1. The first-order valence-electron chi connectivity index (χ1n) is 9.27. The lowest BCUT2D eigenvalue weighted by Gasteiger charge is -2.12. The van der Waals surface area contributed by atoms with Gasteiger partial charge in [0.15, 0.2) is 11.5 Å². The fraction of sp³-hybridized carbons (Fsp3) is 0.0909. The standard InChI is InChI=1S/C22H20ClN3O5S/c1-30-20-12-7-15(13-21(20)31-2)14-24-25-22(27)18-5-3-4-6-19(18)26-32(28,29)17-10-8-16(23)9-11-17/h3-14,26H,1-2H3,(H,25,27)/b24-14-. The van der Waals surface area contributed by atoms with Gasteiger partial charge in [0.05, 0.1) is 36.6 Å². The van der Waals surface area contributed by atoms with Crippen molar-refractivity contribution in [3.05, 3.63) is 82.9 Å². The molecule has 1 amide bonds. The van der Waals surface area contributed by atoms with E-state index >= 15 is 0 Å². The summed E-state index contributed by atoms with van der Waals surface area (Å²) in [5.41, 5.74) is 3.28. The normalized spacial score (nSPS) is 11.2. The molecule has 10 heteroatoms. The molecule has 8 nitrogen and oxygen atoms in total. The topological polar surface area (TPSA) is 106 Å². The molecule has 0 saturated heterocycles. The third-order valence-electron chi connectivity index (χ3n) is 4.33. The Balaban J connectivity index is 1.76. The van der Waals surface area contributed by atoms with Crippen molar-refractivity contribution in [2.75, 3.05) is 18.9 Å². The number of carbonyl (C=O) groups is 1. The van der Waals surface area contributed by atoms with E-state index in [1.54, 1.807) is 30.3 Å². The van der Waals surface area contributed by atoms with Crippen LogP contribution >= 0.6 is 11.6 Å². The quantitative estimate of drug-likeness (QED) is 0.381. The zero-order chi connectivity index (χ0) is 23.1. The molecule has 0 spiro atoms. The lowest BCUT2D eigenvalue weighted by molar-refractivity contribution is 0.0956. The average molecular weight is 474 g/mol. The summed E-state index contributed by atoms with van der Waals surface area (Å²) in [5.74, 6) is 0.497. The first kappa shape index (κ1) is 23.1. The van der Waals surface area contributed by atoms with Crippen LogP contribution in [0.3, 0.4) is 0 Å². The number of rotatable bonds is 8. The molecule has 166 valence electrons. The Hall–Kier alpha value is -3.56. The second-order valence-corrected chi connectivity index (χ2v) is 8.54. The van der Waals surface area contributed by atoms with Gasteiger partial charge in [-0.2, -0.15) is 5.10 Å². The van der Waals surface area contributed by atoms with Crippen molar-refractivity contribution in [3.63, 3.8) is 0 Å². The van der Waals surface area contributed by atoms with Gasteiger partial charge in [-0.05, 0) is 60.2 Å². The summed E-state index contributed by atoms with van der Waals surface area (Å²) in [6, 6.07) is 17.0. The molecular weight excluding hydrogens is 454 g/mol. The summed E-state index contributed by atoms with van der Waals surface area (Å²) < 4.78 is 38.2. The van der Waals surface area contributed by atoms with E-state index in [2.05, 4.69) is 15.2 Å². The van der Waals surface area contributed by atoms with Crippen LogP contribution in [0.25, 0.3) is 0 Å². The molecule has 0 aliphatic rings. The molecule has 0 radical (unpaired) electrons. The van der Waals surface area contributed by atoms with Crippen LogP contribution in [0.1, 0.15) is 15.9 Å². The number of halogens is 1. The molecule has 3 aromatic rings. The maximum Gasteiger partial charge on any atom is 0.273 e.